The third-order valence-corrected chi connectivity index (χ3v) is 8.32. The van der Waals surface area contributed by atoms with E-state index < -0.39 is 9.84 Å². The molecule has 1 aliphatic carbocycles. The molecule has 3 aromatic rings. The van der Waals surface area contributed by atoms with Crippen molar-refractivity contribution in [3.8, 4) is 11.4 Å². The van der Waals surface area contributed by atoms with Gasteiger partial charge in [0.1, 0.15) is 17.3 Å². The van der Waals surface area contributed by atoms with Crippen LogP contribution in [0.4, 0.5) is 10.2 Å². The van der Waals surface area contributed by atoms with Crippen LogP contribution in [0.1, 0.15) is 30.5 Å². The highest BCUT2D eigenvalue weighted by molar-refractivity contribution is 7.91. The molecule has 8 nitrogen and oxygen atoms in total. The van der Waals surface area contributed by atoms with Crippen molar-refractivity contribution in [1.82, 2.24) is 25.1 Å². The van der Waals surface area contributed by atoms with Gasteiger partial charge in [-0.15, -0.1) is 10.2 Å². The van der Waals surface area contributed by atoms with Gasteiger partial charge in [-0.2, -0.15) is 0 Å². The average molecular weight is 471 g/mol. The Kier molecular flexibility index (Phi) is 5.88. The second kappa shape index (κ2) is 8.83. The lowest BCUT2D eigenvalue weighted by Gasteiger charge is -2.41. The normalized spacial score (nSPS) is 19.7. The molecule has 0 unspecified atom stereocenters. The molecule has 4 heterocycles. The van der Waals surface area contributed by atoms with Gasteiger partial charge in [-0.05, 0) is 48.7 Å². The third kappa shape index (κ3) is 4.77. The third-order valence-electron chi connectivity index (χ3n) is 6.71. The highest BCUT2D eigenvalue weighted by Crippen LogP contribution is 2.43. The lowest BCUT2D eigenvalue weighted by Crippen LogP contribution is -2.42. The first kappa shape index (κ1) is 22.0. The van der Waals surface area contributed by atoms with Crippen LogP contribution in [0.2, 0.25) is 0 Å². The Bertz CT molecular complexity index is 1210. The number of nitrogens with zero attached hydrogens (tertiary/aromatic N) is 4. The molecular formula is C23H27FN6O2S. The smallest absolute Gasteiger partial charge is 0.152 e. The standard InChI is InChI=1S/C23H27FN6O2S/c24-18-3-1-8-25-22(18)23(6-2-7-23)16-27-21-5-4-19(28-29-21)20-13-17(14-26-20)15-30-9-11-33(31,32)12-10-30/h1,3-5,8,13-14,26H,2,6-7,9-12,15-16H2,(H,27,29). The molecule has 0 aromatic carbocycles. The summed E-state index contributed by atoms with van der Waals surface area (Å²) in [5, 5.41) is 11.9. The van der Waals surface area contributed by atoms with Gasteiger partial charge in [-0.3, -0.25) is 9.88 Å². The first-order chi connectivity index (χ1) is 15.9. The van der Waals surface area contributed by atoms with Crippen LogP contribution in [0, 0.1) is 5.82 Å². The summed E-state index contributed by atoms with van der Waals surface area (Å²) in [6, 6.07) is 8.88. The maximum absolute atomic E-state index is 14.3. The van der Waals surface area contributed by atoms with Gasteiger partial charge in [-0.1, -0.05) is 6.42 Å². The van der Waals surface area contributed by atoms with Crippen molar-refractivity contribution >= 4 is 15.7 Å². The number of anilines is 1. The molecule has 2 aliphatic rings. The Morgan fingerprint density at radius 1 is 1.15 bits per heavy atom. The van der Waals surface area contributed by atoms with Gasteiger partial charge in [0.05, 0.1) is 22.9 Å². The molecule has 1 saturated carbocycles. The van der Waals surface area contributed by atoms with Crippen LogP contribution in [0.15, 0.2) is 42.7 Å². The molecule has 0 spiro atoms. The zero-order valence-corrected chi connectivity index (χ0v) is 19.1. The summed E-state index contributed by atoms with van der Waals surface area (Å²) in [5.74, 6) is 0.827. The topological polar surface area (TPSA) is 104 Å². The molecule has 0 radical (unpaired) electrons. The zero-order valence-electron chi connectivity index (χ0n) is 18.3. The summed E-state index contributed by atoms with van der Waals surface area (Å²) < 4.78 is 37.5. The number of hydrogen-bond donors (Lipinski definition) is 2. The molecule has 33 heavy (non-hydrogen) atoms. The van der Waals surface area contributed by atoms with Crippen molar-refractivity contribution < 1.29 is 12.8 Å². The predicted molar refractivity (Wildman–Crippen MR) is 124 cm³/mol. The Hall–Kier alpha value is -2.85. The molecular weight excluding hydrogens is 443 g/mol. The maximum atomic E-state index is 14.3. The number of halogens is 1. The average Bonchev–Trinajstić information content (AvgIpc) is 3.24. The van der Waals surface area contributed by atoms with Crippen LogP contribution >= 0.6 is 0 Å². The van der Waals surface area contributed by atoms with Crippen molar-refractivity contribution in [2.24, 2.45) is 0 Å². The van der Waals surface area contributed by atoms with Gasteiger partial charge in [0, 0.05) is 44.0 Å². The number of nitrogens with one attached hydrogen (secondary N) is 2. The first-order valence-corrected chi connectivity index (χ1v) is 13.0. The Morgan fingerprint density at radius 2 is 1.97 bits per heavy atom. The van der Waals surface area contributed by atoms with E-state index in [1.807, 2.05) is 24.4 Å². The van der Waals surface area contributed by atoms with Crippen LogP contribution in [0.25, 0.3) is 11.4 Å². The summed E-state index contributed by atoms with van der Waals surface area (Å²) in [6.07, 6.45) is 6.42. The summed E-state index contributed by atoms with van der Waals surface area (Å²) in [7, 11) is -2.88. The number of pyridine rings is 1. The van der Waals surface area contributed by atoms with Gasteiger partial charge < -0.3 is 10.3 Å². The largest absolute Gasteiger partial charge is 0.368 e. The molecule has 0 amide bonds. The minimum absolute atomic E-state index is 0.221. The van der Waals surface area contributed by atoms with E-state index in [0.717, 1.165) is 36.2 Å². The summed E-state index contributed by atoms with van der Waals surface area (Å²) in [4.78, 5) is 9.68. The van der Waals surface area contributed by atoms with Crippen molar-refractivity contribution in [1.29, 1.82) is 0 Å². The fraction of sp³-hybridized carbons (Fsp3) is 0.435. The molecule has 174 valence electrons. The number of H-pyrrole nitrogens is 1. The lowest BCUT2D eigenvalue weighted by atomic mass is 9.66. The summed E-state index contributed by atoms with van der Waals surface area (Å²) >= 11 is 0. The lowest BCUT2D eigenvalue weighted by molar-refractivity contribution is 0.243. The number of sulfone groups is 1. The van der Waals surface area contributed by atoms with Crippen LogP contribution in [-0.4, -0.2) is 64.6 Å². The molecule has 1 aliphatic heterocycles. The highest BCUT2D eigenvalue weighted by Gasteiger charge is 2.41. The van der Waals surface area contributed by atoms with E-state index in [4.69, 9.17) is 0 Å². The van der Waals surface area contributed by atoms with Crippen LogP contribution in [0.5, 0.6) is 0 Å². The summed E-state index contributed by atoms with van der Waals surface area (Å²) in [5.41, 5.74) is 2.89. The number of rotatable bonds is 7. The Labute approximate surface area is 192 Å². The molecule has 3 aromatic heterocycles. The van der Waals surface area contributed by atoms with Gasteiger partial charge >= 0.3 is 0 Å². The zero-order chi connectivity index (χ0) is 22.9. The molecule has 0 bridgehead atoms. The van der Waals surface area contributed by atoms with Crippen molar-refractivity contribution in [2.75, 3.05) is 36.5 Å². The molecule has 2 fully saturated rings. The SMILES string of the molecule is O=S1(=O)CCN(Cc2c[nH]c(-c3ccc(NCC4(c5ncccc5F)CCC4)nn3)c2)CC1. The second-order valence-electron chi connectivity index (χ2n) is 8.97. The fourth-order valence-electron chi connectivity index (χ4n) is 4.55. The quantitative estimate of drug-likeness (QED) is 0.547. The van der Waals surface area contributed by atoms with E-state index in [1.165, 1.54) is 6.07 Å². The highest BCUT2D eigenvalue weighted by atomic mass is 32.2. The van der Waals surface area contributed by atoms with E-state index in [9.17, 15) is 12.8 Å². The molecule has 1 saturated heterocycles. The van der Waals surface area contributed by atoms with Gasteiger partial charge in [0.25, 0.3) is 0 Å². The minimum Gasteiger partial charge on any atom is -0.368 e. The van der Waals surface area contributed by atoms with Crippen LogP contribution in [0.3, 0.4) is 0 Å². The van der Waals surface area contributed by atoms with Crippen LogP contribution < -0.4 is 5.32 Å². The number of aromatic amines is 1. The fourth-order valence-corrected chi connectivity index (χ4v) is 5.83. The van der Waals surface area contributed by atoms with Crippen molar-refractivity contribution in [2.45, 2.75) is 31.2 Å². The monoisotopic (exact) mass is 470 g/mol. The number of hydrogen-bond acceptors (Lipinski definition) is 7. The van der Waals surface area contributed by atoms with Crippen LogP contribution in [-0.2, 0) is 21.8 Å². The van der Waals surface area contributed by atoms with E-state index in [2.05, 4.69) is 30.4 Å². The molecule has 5 rings (SSSR count). The van der Waals surface area contributed by atoms with Gasteiger partial charge in [-0.25, -0.2) is 12.8 Å². The van der Waals surface area contributed by atoms with Gasteiger partial charge in [0.15, 0.2) is 9.84 Å². The minimum atomic E-state index is -2.88. The number of aromatic nitrogens is 4. The van der Waals surface area contributed by atoms with Crippen molar-refractivity contribution in [3.63, 3.8) is 0 Å². The van der Waals surface area contributed by atoms with Gasteiger partial charge in [0.2, 0.25) is 0 Å². The summed E-state index contributed by atoms with van der Waals surface area (Å²) in [6.45, 7) is 2.39. The molecule has 2 N–H and O–H groups in total. The van der Waals surface area contributed by atoms with E-state index in [1.54, 1.807) is 12.3 Å². The molecule has 10 heteroatoms. The Balaban J connectivity index is 1.20. The van der Waals surface area contributed by atoms with E-state index >= 15 is 0 Å². The molecule has 0 atom stereocenters. The van der Waals surface area contributed by atoms with E-state index in [-0.39, 0.29) is 22.7 Å². The second-order valence-corrected chi connectivity index (χ2v) is 11.3. The first-order valence-electron chi connectivity index (χ1n) is 11.2. The van der Waals surface area contributed by atoms with Crippen molar-refractivity contribution in [3.05, 3.63) is 59.8 Å². The van der Waals surface area contributed by atoms with E-state index in [0.29, 0.717) is 37.7 Å². The maximum Gasteiger partial charge on any atom is 0.152 e. The predicted octanol–water partition coefficient (Wildman–Crippen LogP) is 2.77. The Morgan fingerprint density at radius 3 is 2.64 bits per heavy atom.